The molecule has 1 aliphatic carbocycles. The summed E-state index contributed by atoms with van der Waals surface area (Å²) in [5.41, 5.74) is 7.58. The molecular weight excluding hydrogens is 266 g/mol. The number of hydrogen-bond acceptors (Lipinski definition) is 2. The number of nitrogens with zero attached hydrogens (tertiary/aromatic N) is 1. The highest BCUT2D eigenvalue weighted by molar-refractivity contribution is 9.11. The molecule has 1 aliphatic rings. The van der Waals surface area contributed by atoms with E-state index in [4.69, 9.17) is 5.73 Å². The van der Waals surface area contributed by atoms with Crippen LogP contribution in [0.15, 0.2) is 36.0 Å². The summed E-state index contributed by atoms with van der Waals surface area (Å²) in [6.07, 6.45) is 7.50. The van der Waals surface area contributed by atoms with Gasteiger partial charge in [-0.25, -0.2) is 4.98 Å². The molecule has 1 aromatic heterocycles. The van der Waals surface area contributed by atoms with Gasteiger partial charge in [-0.05, 0) is 24.5 Å². The van der Waals surface area contributed by atoms with Gasteiger partial charge in [-0.2, -0.15) is 0 Å². The number of H-pyrrole nitrogens is 1. The number of rotatable bonds is 4. The van der Waals surface area contributed by atoms with E-state index < -0.39 is 0 Å². The number of imidazole rings is 1. The summed E-state index contributed by atoms with van der Waals surface area (Å²) in [5, 5.41) is 0. The third-order valence-electron chi connectivity index (χ3n) is 2.65. The number of aromatic nitrogens is 2. The van der Waals surface area contributed by atoms with Crippen LogP contribution in [0.2, 0.25) is 0 Å². The molecule has 0 atom stereocenters. The lowest BCUT2D eigenvalue weighted by molar-refractivity contribution is 0.684. The molecule has 3 N–H and O–H groups in total. The van der Waals surface area contributed by atoms with E-state index in [1.165, 1.54) is 0 Å². The molecule has 0 spiro atoms. The highest BCUT2D eigenvalue weighted by Gasteiger charge is 2.42. The number of allylic oxidation sites excluding steroid dienone is 4. The topological polar surface area (TPSA) is 54.7 Å². The first-order chi connectivity index (χ1) is 7.51. The lowest BCUT2D eigenvalue weighted by Gasteiger charge is -2.02. The molecule has 3 nitrogen and oxygen atoms in total. The summed E-state index contributed by atoms with van der Waals surface area (Å²) in [5.74, 6) is 0.856. The van der Waals surface area contributed by atoms with Gasteiger partial charge in [0.15, 0.2) is 0 Å². The van der Waals surface area contributed by atoms with Crippen molar-refractivity contribution in [3.05, 3.63) is 47.5 Å². The van der Waals surface area contributed by atoms with Gasteiger partial charge in [0, 0.05) is 4.48 Å². The fourth-order valence-corrected chi connectivity index (χ4v) is 1.52. The number of aromatic amines is 1. The molecule has 0 aliphatic heterocycles. The molecule has 0 radical (unpaired) electrons. The zero-order valence-electron chi connectivity index (χ0n) is 8.96. The minimum absolute atomic E-state index is 0.221. The Labute approximate surface area is 103 Å². The van der Waals surface area contributed by atoms with Crippen LogP contribution in [-0.2, 0) is 5.54 Å². The van der Waals surface area contributed by atoms with Crippen molar-refractivity contribution in [3.8, 4) is 0 Å². The van der Waals surface area contributed by atoms with Crippen molar-refractivity contribution in [1.82, 2.24) is 9.97 Å². The quantitative estimate of drug-likeness (QED) is 0.833. The highest BCUT2D eigenvalue weighted by atomic mass is 79.9. The normalized spacial score (nSPS) is 17.6. The monoisotopic (exact) mass is 279 g/mol. The molecule has 2 rings (SSSR count). The van der Waals surface area contributed by atoms with Gasteiger partial charge in [-0.1, -0.05) is 35.2 Å². The van der Waals surface area contributed by atoms with Crippen LogP contribution < -0.4 is 5.73 Å². The Kier molecular flexibility index (Phi) is 2.86. The van der Waals surface area contributed by atoms with E-state index in [1.54, 1.807) is 6.20 Å². The predicted molar refractivity (Wildman–Crippen MR) is 69.9 cm³/mol. The van der Waals surface area contributed by atoms with Crippen molar-refractivity contribution < 1.29 is 0 Å². The first kappa shape index (κ1) is 11.4. The van der Waals surface area contributed by atoms with E-state index in [2.05, 4.69) is 39.1 Å². The van der Waals surface area contributed by atoms with Crippen LogP contribution in [0.1, 0.15) is 24.4 Å². The molecule has 0 unspecified atom stereocenters. The fraction of sp³-hybridized carbons (Fsp3) is 0.250. The van der Waals surface area contributed by atoms with Crippen molar-refractivity contribution in [3.63, 3.8) is 0 Å². The molecule has 0 bridgehead atoms. The smallest absolute Gasteiger partial charge is 0.126 e. The number of halogens is 1. The van der Waals surface area contributed by atoms with Gasteiger partial charge in [0.1, 0.15) is 5.82 Å². The van der Waals surface area contributed by atoms with Gasteiger partial charge in [0.05, 0.1) is 17.4 Å². The Morgan fingerprint density at radius 3 is 2.75 bits per heavy atom. The Hall–Kier alpha value is -1.13. The van der Waals surface area contributed by atoms with Gasteiger partial charge in [-0.3, -0.25) is 0 Å². The summed E-state index contributed by atoms with van der Waals surface area (Å²) in [6, 6.07) is 0. The zero-order valence-corrected chi connectivity index (χ0v) is 10.5. The summed E-state index contributed by atoms with van der Waals surface area (Å²) in [7, 11) is 0. The predicted octanol–water partition coefficient (Wildman–Crippen LogP) is 2.84. The van der Waals surface area contributed by atoms with Gasteiger partial charge >= 0.3 is 0 Å². The molecule has 16 heavy (non-hydrogen) atoms. The van der Waals surface area contributed by atoms with E-state index in [9.17, 15) is 0 Å². The first-order valence-corrected chi connectivity index (χ1v) is 5.87. The van der Waals surface area contributed by atoms with E-state index in [-0.39, 0.29) is 5.54 Å². The van der Waals surface area contributed by atoms with Crippen molar-refractivity contribution in [2.45, 2.75) is 18.4 Å². The van der Waals surface area contributed by atoms with Crippen LogP contribution in [0, 0.1) is 0 Å². The maximum atomic E-state index is 6.04. The van der Waals surface area contributed by atoms with Gasteiger partial charge < -0.3 is 10.7 Å². The lowest BCUT2D eigenvalue weighted by Crippen LogP contribution is -2.20. The minimum Gasteiger partial charge on any atom is -0.340 e. The van der Waals surface area contributed by atoms with E-state index in [0.29, 0.717) is 0 Å². The SMILES string of the molecule is C=C(Br)/C=C\C(=C)c1cnc(C2(N)CC2)[nH]1. The first-order valence-electron chi connectivity index (χ1n) is 5.07. The average Bonchev–Trinajstić information content (AvgIpc) is 2.82. The molecule has 4 heteroatoms. The summed E-state index contributed by atoms with van der Waals surface area (Å²) in [4.78, 5) is 7.50. The maximum Gasteiger partial charge on any atom is 0.126 e. The van der Waals surface area contributed by atoms with Crippen molar-refractivity contribution >= 4 is 21.5 Å². The third kappa shape index (κ3) is 2.33. The fourth-order valence-electron chi connectivity index (χ4n) is 1.39. The molecule has 0 aromatic carbocycles. The summed E-state index contributed by atoms with van der Waals surface area (Å²) < 4.78 is 0.811. The van der Waals surface area contributed by atoms with Crippen LogP contribution in [0.3, 0.4) is 0 Å². The van der Waals surface area contributed by atoms with E-state index >= 15 is 0 Å². The molecule has 1 heterocycles. The molecular formula is C12H14BrN3. The van der Waals surface area contributed by atoms with Gasteiger partial charge in [0.25, 0.3) is 0 Å². The largest absolute Gasteiger partial charge is 0.340 e. The van der Waals surface area contributed by atoms with Crippen LogP contribution in [0.25, 0.3) is 5.57 Å². The zero-order chi connectivity index (χ0) is 11.8. The van der Waals surface area contributed by atoms with Gasteiger partial charge in [0.2, 0.25) is 0 Å². The maximum absolute atomic E-state index is 6.04. The van der Waals surface area contributed by atoms with Gasteiger partial charge in [-0.15, -0.1) is 0 Å². The molecule has 84 valence electrons. The van der Waals surface area contributed by atoms with Crippen molar-refractivity contribution in [2.75, 3.05) is 0 Å². The highest BCUT2D eigenvalue weighted by Crippen LogP contribution is 2.41. The Balaban J connectivity index is 2.13. The van der Waals surface area contributed by atoms with Crippen molar-refractivity contribution in [1.29, 1.82) is 0 Å². The van der Waals surface area contributed by atoms with Crippen LogP contribution >= 0.6 is 15.9 Å². The number of nitrogens with one attached hydrogen (secondary N) is 1. The molecule has 0 saturated heterocycles. The lowest BCUT2D eigenvalue weighted by atomic mass is 10.2. The minimum atomic E-state index is -0.221. The summed E-state index contributed by atoms with van der Waals surface area (Å²) >= 11 is 3.25. The number of nitrogens with two attached hydrogens (primary N) is 1. The van der Waals surface area contributed by atoms with Crippen molar-refractivity contribution in [2.24, 2.45) is 5.73 Å². The molecule has 1 fully saturated rings. The molecule has 1 saturated carbocycles. The van der Waals surface area contributed by atoms with Crippen LogP contribution in [-0.4, -0.2) is 9.97 Å². The average molecular weight is 280 g/mol. The van der Waals surface area contributed by atoms with E-state index in [0.717, 1.165) is 34.4 Å². The Morgan fingerprint density at radius 1 is 1.50 bits per heavy atom. The second kappa shape index (κ2) is 4.03. The molecule has 1 aromatic rings. The second-order valence-electron chi connectivity index (χ2n) is 4.11. The Morgan fingerprint density at radius 2 is 2.19 bits per heavy atom. The third-order valence-corrected chi connectivity index (χ3v) is 2.91. The number of hydrogen-bond donors (Lipinski definition) is 2. The van der Waals surface area contributed by atoms with Crippen LogP contribution in [0.4, 0.5) is 0 Å². The standard InChI is InChI=1S/C12H14BrN3/c1-8(3-4-9(2)13)10-7-15-11(16-10)12(14)5-6-12/h3-4,7H,1-2,5-6,14H2,(H,15,16)/b4-3-. The summed E-state index contributed by atoms with van der Waals surface area (Å²) in [6.45, 7) is 7.67. The van der Waals surface area contributed by atoms with E-state index in [1.807, 2.05) is 12.2 Å². The Bertz CT molecular complexity index is 466. The molecule has 0 amide bonds. The van der Waals surface area contributed by atoms with Crippen LogP contribution in [0.5, 0.6) is 0 Å². The second-order valence-corrected chi connectivity index (χ2v) is 5.13.